The van der Waals surface area contributed by atoms with Crippen LogP contribution in [0.4, 0.5) is 0 Å². The van der Waals surface area contributed by atoms with Crippen molar-refractivity contribution in [3.05, 3.63) is 59.0 Å². The fourth-order valence-corrected chi connectivity index (χ4v) is 3.15. The van der Waals surface area contributed by atoms with Gasteiger partial charge in [-0.25, -0.2) is 0 Å². The summed E-state index contributed by atoms with van der Waals surface area (Å²) in [5, 5.41) is 7.24. The molecule has 27 heavy (non-hydrogen) atoms. The molecule has 2 aromatic heterocycles. The summed E-state index contributed by atoms with van der Waals surface area (Å²) in [6.45, 7) is 4.32. The molecule has 3 aromatic rings. The lowest BCUT2D eigenvalue weighted by Gasteiger charge is -2.14. The normalized spacial score (nSPS) is 10.7. The van der Waals surface area contributed by atoms with Crippen LogP contribution in [0.5, 0.6) is 11.5 Å². The molecule has 0 spiro atoms. The Kier molecular flexibility index (Phi) is 5.21. The molecule has 0 saturated heterocycles. The molecule has 7 heteroatoms. The van der Waals surface area contributed by atoms with Crippen LogP contribution in [0.15, 0.2) is 36.5 Å². The van der Waals surface area contributed by atoms with Gasteiger partial charge in [0.05, 0.1) is 20.4 Å². The van der Waals surface area contributed by atoms with E-state index in [9.17, 15) is 4.79 Å². The smallest absolute Gasteiger partial charge is 0.256 e. The molecule has 3 rings (SSSR count). The highest BCUT2D eigenvalue weighted by Gasteiger charge is 2.20. The van der Waals surface area contributed by atoms with E-state index >= 15 is 0 Å². The Morgan fingerprint density at radius 3 is 2.44 bits per heavy atom. The van der Waals surface area contributed by atoms with Crippen LogP contribution in [0.1, 0.15) is 27.3 Å². The third-order valence-electron chi connectivity index (χ3n) is 4.56. The van der Waals surface area contributed by atoms with Crippen LogP contribution in [0.2, 0.25) is 0 Å². The number of nitrogens with one attached hydrogen (secondary N) is 1. The van der Waals surface area contributed by atoms with Crippen molar-refractivity contribution in [2.75, 3.05) is 14.2 Å². The number of hydrogen-bond donors (Lipinski definition) is 1. The van der Waals surface area contributed by atoms with Gasteiger partial charge in [0.1, 0.15) is 22.9 Å². The molecular formula is C20H24N4O3. The fourth-order valence-electron chi connectivity index (χ4n) is 3.15. The number of carbonyl (C=O) groups is 1. The second-order valence-corrected chi connectivity index (χ2v) is 6.32. The molecule has 1 amide bonds. The molecule has 7 nitrogen and oxygen atoms in total. The summed E-state index contributed by atoms with van der Waals surface area (Å²) in [5.41, 5.74) is 3.44. The second kappa shape index (κ2) is 7.57. The van der Waals surface area contributed by atoms with Crippen molar-refractivity contribution in [3.8, 4) is 17.3 Å². The number of methoxy groups -OCH3 is 2. The minimum atomic E-state index is -0.199. The maximum absolute atomic E-state index is 12.9. The zero-order valence-electron chi connectivity index (χ0n) is 16.2. The number of rotatable bonds is 6. The van der Waals surface area contributed by atoms with Crippen LogP contribution in [-0.2, 0) is 13.6 Å². The van der Waals surface area contributed by atoms with Crippen LogP contribution >= 0.6 is 0 Å². The van der Waals surface area contributed by atoms with E-state index in [4.69, 9.17) is 9.47 Å². The van der Waals surface area contributed by atoms with Gasteiger partial charge in [0, 0.05) is 30.5 Å². The van der Waals surface area contributed by atoms with Crippen molar-refractivity contribution in [2.45, 2.75) is 20.4 Å². The molecule has 0 aliphatic rings. The highest BCUT2D eigenvalue weighted by atomic mass is 16.5. The number of aryl methyl sites for hydroxylation is 3. The van der Waals surface area contributed by atoms with Crippen molar-refractivity contribution < 1.29 is 14.3 Å². The first-order chi connectivity index (χ1) is 13.0. The summed E-state index contributed by atoms with van der Waals surface area (Å²) in [7, 11) is 5.04. The average molecular weight is 368 g/mol. The summed E-state index contributed by atoms with van der Waals surface area (Å²) in [4.78, 5) is 12.9. The van der Waals surface area contributed by atoms with E-state index in [0.29, 0.717) is 23.6 Å². The molecule has 1 aromatic carbocycles. The molecule has 0 aliphatic heterocycles. The molecule has 142 valence electrons. The molecular weight excluding hydrogens is 344 g/mol. The molecule has 0 saturated carbocycles. The first-order valence-corrected chi connectivity index (χ1v) is 8.62. The standard InChI is InChI=1S/C20H24N4O3/c1-13-6-7-14(2)24(13)20-17(12-22-23(20)3)19(25)21-11-15-10-16(26-4)8-9-18(15)27-5/h6-10,12H,11H2,1-5H3,(H,21,25). The third kappa shape index (κ3) is 3.53. The van der Waals surface area contributed by atoms with E-state index in [1.165, 1.54) is 0 Å². The topological polar surface area (TPSA) is 70.3 Å². The zero-order valence-corrected chi connectivity index (χ0v) is 16.2. The highest BCUT2D eigenvalue weighted by molar-refractivity contribution is 5.97. The number of benzene rings is 1. The minimum Gasteiger partial charge on any atom is -0.497 e. The van der Waals surface area contributed by atoms with E-state index in [-0.39, 0.29) is 5.91 Å². The highest BCUT2D eigenvalue weighted by Crippen LogP contribution is 2.24. The number of hydrogen-bond acceptors (Lipinski definition) is 4. The van der Waals surface area contributed by atoms with Crippen LogP contribution in [0.25, 0.3) is 5.82 Å². The third-order valence-corrected chi connectivity index (χ3v) is 4.56. The van der Waals surface area contributed by atoms with Gasteiger partial charge in [-0.2, -0.15) is 5.10 Å². The predicted octanol–water partition coefficient (Wildman–Crippen LogP) is 2.77. The summed E-state index contributed by atoms with van der Waals surface area (Å²) < 4.78 is 14.4. The largest absolute Gasteiger partial charge is 0.497 e. The van der Waals surface area contributed by atoms with E-state index < -0.39 is 0 Å². The van der Waals surface area contributed by atoms with Crippen LogP contribution in [-0.4, -0.2) is 34.5 Å². The molecule has 1 N–H and O–H groups in total. The van der Waals surface area contributed by atoms with Gasteiger partial charge in [-0.3, -0.25) is 9.48 Å². The van der Waals surface area contributed by atoms with Crippen molar-refractivity contribution in [3.63, 3.8) is 0 Å². The van der Waals surface area contributed by atoms with Crippen LogP contribution in [0, 0.1) is 13.8 Å². The summed E-state index contributed by atoms with van der Waals surface area (Å²) in [6, 6.07) is 9.53. The summed E-state index contributed by atoms with van der Waals surface area (Å²) in [6.07, 6.45) is 1.59. The van der Waals surface area contributed by atoms with E-state index in [1.54, 1.807) is 25.1 Å². The minimum absolute atomic E-state index is 0.199. The van der Waals surface area contributed by atoms with Crippen molar-refractivity contribution >= 4 is 5.91 Å². The van der Waals surface area contributed by atoms with Gasteiger partial charge in [0.15, 0.2) is 0 Å². The molecule has 0 unspecified atom stereocenters. The van der Waals surface area contributed by atoms with E-state index in [1.807, 2.05) is 55.8 Å². The van der Waals surface area contributed by atoms with Gasteiger partial charge in [-0.05, 0) is 44.2 Å². The van der Waals surface area contributed by atoms with Crippen LogP contribution in [0.3, 0.4) is 0 Å². The van der Waals surface area contributed by atoms with E-state index in [2.05, 4.69) is 10.4 Å². The Bertz CT molecular complexity index is 952. The van der Waals surface area contributed by atoms with Gasteiger partial charge in [-0.15, -0.1) is 0 Å². The first kappa shape index (κ1) is 18.6. The lowest BCUT2D eigenvalue weighted by atomic mass is 10.1. The molecule has 2 heterocycles. The number of nitrogens with zero attached hydrogens (tertiary/aromatic N) is 3. The lowest BCUT2D eigenvalue weighted by molar-refractivity contribution is 0.0950. The number of carbonyl (C=O) groups excluding carboxylic acids is 1. The number of amides is 1. The zero-order chi connectivity index (χ0) is 19.6. The van der Waals surface area contributed by atoms with E-state index in [0.717, 1.165) is 22.8 Å². The first-order valence-electron chi connectivity index (χ1n) is 8.62. The van der Waals surface area contributed by atoms with Gasteiger partial charge in [-0.1, -0.05) is 0 Å². The fraction of sp³-hybridized carbons (Fsp3) is 0.300. The molecule has 0 radical (unpaired) electrons. The molecule has 0 fully saturated rings. The molecule has 0 bridgehead atoms. The SMILES string of the molecule is COc1ccc(OC)c(CNC(=O)c2cnn(C)c2-n2c(C)ccc2C)c1. The molecule has 0 aliphatic carbocycles. The Balaban J connectivity index is 1.87. The Morgan fingerprint density at radius 2 is 1.81 bits per heavy atom. The van der Waals surface area contributed by atoms with Gasteiger partial charge in [0.2, 0.25) is 0 Å². The van der Waals surface area contributed by atoms with Crippen molar-refractivity contribution in [1.29, 1.82) is 0 Å². The maximum atomic E-state index is 12.9. The monoisotopic (exact) mass is 368 g/mol. The Labute approximate surface area is 158 Å². The summed E-state index contributed by atoms with van der Waals surface area (Å²) in [5.74, 6) is 1.95. The van der Waals surface area contributed by atoms with Crippen molar-refractivity contribution in [2.24, 2.45) is 7.05 Å². The van der Waals surface area contributed by atoms with Gasteiger partial charge in [0.25, 0.3) is 5.91 Å². The van der Waals surface area contributed by atoms with Gasteiger partial charge >= 0.3 is 0 Å². The lowest BCUT2D eigenvalue weighted by Crippen LogP contribution is -2.24. The maximum Gasteiger partial charge on any atom is 0.256 e. The quantitative estimate of drug-likeness (QED) is 0.726. The Morgan fingerprint density at radius 1 is 1.11 bits per heavy atom. The number of aromatic nitrogens is 3. The predicted molar refractivity (Wildman–Crippen MR) is 103 cm³/mol. The number of ether oxygens (including phenoxy) is 2. The second-order valence-electron chi connectivity index (χ2n) is 6.32. The van der Waals surface area contributed by atoms with Crippen molar-refractivity contribution in [1.82, 2.24) is 19.7 Å². The summed E-state index contributed by atoms with van der Waals surface area (Å²) >= 11 is 0. The molecule has 0 atom stereocenters. The van der Waals surface area contributed by atoms with Gasteiger partial charge < -0.3 is 19.4 Å². The Hall–Kier alpha value is -3.22. The van der Waals surface area contributed by atoms with Crippen LogP contribution < -0.4 is 14.8 Å². The average Bonchev–Trinajstić information content (AvgIpc) is 3.20.